The van der Waals surface area contributed by atoms with Gasteiger partial charge in [0.15, 0.2) is 9.84 Å². The van der Waals surface area contributed by atoms with Gasteiger partial charge >= 0.3 is 0 Å². The lowest BCUT2D eigenvalue weighted by Gasteiger charge is -2.33. The molecule has 0 spiro atoms. The maximum atomic E-state index is 11.6. The molecule has 0 saturated carbocycles. The van der Waals surface area contributed by atoms with Gasteiger partial charge in [0.05, 0.1) is 29.0 Å². The summed E-state index contributed by atoms with van der Waals surface area (Å²) in [5, 5.41) is 0. The fourth-order valence-corrected chi connectivity index (χ4v) is 3.00. The summed E-state index contributed by atoms with van der Waals surface area (Å²) in [6.45, 7) is 4.06. The molecule has 1 unspecified atom stereocenters. The summed E-state index contributed by atoms with van der Waals surface area (Å²) < 4.78 is 28.7. The van der Waals surface area contributed by atoms with Gasteiger partial charge in [0.25, 0.3) is 0 Å². The minimum Gasteiger partial charge on any atom is -0.396 e. The minimum atomic E-state index is -3.29. The van der Waals surface area contributed by atoms with Crippen molar-refractivity contribution >= 4 is 21.2 Å². The molecule has 5 nitrogen and oxygen atoms in total. The van der Waals surface area contributed by atoms with E-state index in [1.54, 1.807) is 6.07 Å². The molecule has 1 fully saturated rings. The number of sulfone groups is 1. The van der Waals surface area contributed by atoms with E-state index >= 15 is 0 Å². The molecule has 0 aliphatic carbocycles. The smallest absolute Gasteiger partial charge is 0.177 e. The number of nitrogens with zero attached hydrogens (tertiary/aromatic N) is 1. The van der Waals surface area contributed by atoms with Crippen LogP contribution in [0.5, 0.6) is 0 Å². The van der Waals surface area contributed by atoms with Crippen molar-refractivity contribution < 1.29 is 13.2 Å². The Morgan fingerprint density at radius 2 is 2.17 bits per heavy atom. The summed E-state index contributed by atoms with van der Waals surface area (Å²) in [5.41, 5.74) is 7.08. The second-order valence-corrected chi connectivity index (χ2v) is 6.57. The SMILES string of the molecule is CC1CN(c2cccc(S(C)(=O)=O)c2N)CCO1. The second-order valence-electron chi connectivity index (χ2n) is 4.59. The molecule has 0 amide bonds. The van der Waals surface area contributed by atoms with Gasteiger partial charge in [0.1, 0.15) is 0 Å². The van der Waals surface area contributed by atoms with Crippen LogP contribution in [0, 0.1) is 0 Å². The van der Waals surface area contributed by atoms with Crippen LogP contribution >= 0.6 is 0 Å². The highest BCUT2D eigenvalue weighted by molar-refractivity contribution is 7.90. The van der Waals surface area contributed by atoms with Crippen molar-refractivity contribution in [1.29, 1.82) is 0 Å². The first kappa shape index (κ1) is 13.2. The Labute approximate surface area is 107 Å². The van der Waals surface area contributed by atoms with E-state index in [0.717, 1.165) is 18.8 Å². The van der Waals surface area contributed by atoms with Gasteiger partial charge in [-0.05, 0) is 19.1 Å². The molecule has 1 aliphatic heterocycles. The molecule has 1 aromatic carbocycles. The highest BCUT2D eigenvalue weighted by Crippen LogP contribution is 2.30. The molecule has 100 valence electrons. The van der Waals surface area contributed by atoms with Crippen molar-refractivity contribution in [3.05, 3.63) is 18.2 Å². The van der Waals surface area contributed by atoms with Crippen LogP contribution in [-0.2, 0) is 14.6 Å². The molecule has 1 saturated heterocycles. The molecule has 2 N–H and O–H groups in total. The molecule has 1 heterocycles. The highest BCUT2D eigenvalue weighted by atomic mass is 32.2. The largest absolute Gasteiger partial charge is 0.396 e. The number of ether oxygens (including phenoxy) is 1. The standard InChI is InChI=1S/C12H18N2O3S/c1-9-8-14(6-7-17-9)10-4-3-5-11(12(10)13)18(2,15)16/h3-5,9H,6-8,13H2,1-2H3. The Balaban J connectivity index is 2.40. The summed E-state index contributed by atoms with van der Waals surface area (Å²) in [7, 11) is -3.29. The molecule has 18 heavy (non-hydrogen) atoms. The van der Waals surface area contributed by atoms with Crippen LogP contribution in [-0.4, -0.2) is 40.5 Å². The molecule has 1 aromatic rings. The van der Waals surface area contributed by atoms with Crippen LogP contribution in [0.4, 0.5) is 11.4 Å². The zero-order valence-corrected chi connectivity index (χ0v) is 11.4. The Morgan fingerprint density at radius 1 is 1.44 bits per heavy atom. The van der Waals surface area contributed by atoms with Crippen LogP contribution < -0.4 is 10.6 Å². The number of morpholine rings is 1. The van der Waals surface area contributed by atoms with E-state index in [4.69, 9.17) is 10.5 Å². The first-order valence-corrected chi connectivity index (χ1v) is 7.74. The van der Waals surface area contributed by atoms with Crippen LogP contribution in [0.2, 0.25) is 0 Å². The number of benzene rings is 1. The number of para-hydroxylation sites is 1. The summed E-state index contributed by atoms with van der Waals surface area (Å²) in [6, 6.07) is 5.11. The fourth-order valence-electron chi connectivity index (χ4n) is 2.17. The Hall–Kier alpha value is -1.27. The van der Waals surface area contributed by atoms with E-state index < -0.39 is 9.84 Å². The van der Waals surface area contributed by atoms with Crippen molar-refractivity contribution in [2.45, 2.75) is 17.9 Å². The average Bonchev–Trinajstić information content (AvgIpc) is 2.27. The monoisotopic (exact) mass is 270 g/mol. The van der Waals surface area contributed by atoms with Gasteiger partial charge in [0.2, 0.25) is 0 Å². The van der Waals surface area contributed by atoms with Gasteiger partial charge in [-0.3, -0.25) is 0 Å². The first-order chi connectivity index (χ1) is 8.39. The van der Waals surface area contributed by atoms with Crippen LogP contribution in [0.15, 0.2) is 23.1 Å². The number of nitrogens with two attached hydrogens (primary N) is 1. The quantitative estimate of drug-likeness (QED) is 0.808. The van der Waals surface area contributed by atoms with E-state index in [1.807, 2.05) is 13.0 Å². The number of rotatable bonds is 2. The van der Waals surface area contributed by atoms with Crippen molar-refractivity contribution in [2.75, 3.05) is 36.6 Å². The fraction of sp³-hybridized carbons (Fsp3) is 0.500. The predicted molar refractivity (Wildman–Crippen MR) is 71.6 cm³/mol. The zero-order valence-electron chi connectivity index (χ0n) is 10.6. The molecular weight excluding hydrogens is 252 g/mol. The highest BCUT2D eigenvalue weighted by Gasteiger charge is 2.21. The zero-order chi connectivity index (χ0) is 13.3. The van der Waals surface area contributed by atoms with E-state index in [1.165, 1.54) is 12.3 Å². The molecule has 1 aliphatic rings. The van der Waals surface area contributed by atoms with Gasteiger partial charge < -0.3 is 15.4 Å². The molecular formula is C12H18N2O3S. The van der Waals surface area contributed by atoms with E-state index in [0.29, 0.717) is 12.3 Å². The van der Waals surface area contributed by atoms with Gasteiger partial charge in [-0.25, -0.2) is 8.42 Å². The van der Waals surface area contributed by atoms with Crippen LogP contribution in [0.25, 0.3) is 0 Å². The molecule has 0 radical (unpaired) electrons. The Bertz CT molecular complexity index is 542. The van der Waals surface area contributed by atoms with Gasteiger partial charge in [-0.2, -0.15) is 0 Å². The second kappa shape index (κ2) is 4.78. The van der Waals surface area contributed by atoms with Crippen molar-refractivity contribution in [1.82, 2.24) is 0 Å². The predicted octanol–water partition coefficient (Wildman–Crippen LogP) is 0.897. The van der Waals surface area contributed by atoms with E-state index in [9.17, 15) is 8.42 Å². The lowest BCUT2D eigenvalue weighted by molar-refractivity contribution is 0.0532. The lowest BCUT2D eigenvalue weighted by Crippen LogP contribution is -2.41. The maximum absolute atomic E-state index is 11.6. The molecule has 0 bridgehead atoms. The van der Waals surface area contributed by atoms with Gasteiger partial charge in [-0.1, -0.05) is 6.07 Å². The number of hydrogen-bond acceptors (Lipinski definition) is 5. The normalized spacial score (nSPS) is 21.0. The van der Waals surface area contributed by atoms with Crippen LogP contribution in [0.3, 0.4) is 0 Å². The average molecular weight is 270 g/mol. The third-order valence-corrected chi connectivity index (χ3v) is 4.18. The molecule has 0 aromatic heterocycles. The first-order valence-electron chi connectivity index (χ1n) is 5.84. The van der Waals surface area contributed by atoms with E-state index in [2.05, 4.69) is 4.90 Å². The molecule has 2 rings (SSSR count). The number of hydrogen-bond donors (Lipinski definition) is 1. The summed E-state index contributed by atoms with van der Waals surface area (Å²) in [6.07, 6.45) is 1.30. The Kier molecular flexibility index (Phi) is 3.49. The third-order valence-electron chi connectivity index (χ3n) is 3.02. The number of anilines is 2. The minimum absolute atomic E-state index is 0.125. The number of nitrogen functional groups attached to an aromatic ring is 1. The van der Waals surface area contributed by atoms with Crippen molar-refractivity contribution in [3.8, 4) is 0 Å². The topological polar surface area (TPSA) is 72.6 Å². The van der Waals surface area contributed by atoms with Gasteiger partial charge in [-0.15, -0.1) is 0 Å². The van der Waals surface area contributed by atoms with Gasteiger partial charge in [0, 0.05) is 19.3 Å². The summed E-state index contributed by atoms with van der Waals surface area (Å²) >= 11 is 0. The van der Waals surface area contributed by atoms with Crippen molar-refractivity contribution in [3.63, 3.8) is 0 Å². The van der Waals surface area contributed by atoms with E-state index in [-0.39, 0.29) is 11.0 Å². The van der Waals surface area contributed by atoms with Crippen molar-refractivity contribution in [2.24, 2.45) is 0 Å². The maximum Gasteiger partial charge on any atom is 0.177 e. The molecule has 1 atom stereocenters. The third kappa shape index (κ3) is 2.59. The summed E-state index contributed by atoms with van der Waals surface area (Å²) in [4.78, 5) is 2.26. The lowest BCUT2D eigenvalue weighted by atomic mass is 10.2. The summed E-state index contributed by atoms with van der Waals surface area (Å²) in [5.74, 6) is 0. The van der Waals surface area contributed by atoms with Crippen LogP contribution in [0.1, 0.15) is 6.92 Å². The molecule has 6 heteroatoms. The Morgan fingerprint density at radius 3 is 2.78 bits per heavy atom.